The van der Waals surface area contributed by atoms with Crippen molar-refractivity contribution >= 4 is 11.8 Å². The van der Waals surface area contributed by atoms with Crippen molar-refractivity contribution in [3.05, 3.63) is 53.9 Å². The van der Waals surface area contributed by atoms with Crippen LogP contribution in [-0.4, -0.2) is 39.4 Å². The Kier molecular flexibility index (Phi) is 6.05. The van der Waals surface area contributed by atoms with Gasteiger partial charge in [-0.05, 0) is 30.5 Å². The Morgan fingerprint density at radius 1 is 1.31 bits per heavy atom. The highest BCUT2D eigenvalue weighted by Crippen LogP contribution is 2.26. The fourth-order valence-electron chi connectivity index (χ4n) is 3.75. The molecule has 156 valence electrons. The molecule has 1 aromatic heterocycles. The molecule has 2 unspecified atom stereocenters. The van der Waals surface area contributed by atoms with Gasteiger partial charge in [-0.2, -0.15) is 0 Å². The highest BCUT2D eigenvalue weighted by atomic mass is 19.1. The first kappa shape index (κ1) is 21.0. The zero-order chi connectivity index (χ0) is 21.2. The van der Waals surface area contributed by atoms with Crippen LogP contribution in [0.1, 0.15) is 51.0 Å². The molecular formula is C22H29FN4O2. The minimum atomic E-state index is -0.563. The molecule has 7 heteroatoms. The van der Waals surface area contributed by atoms with Gasteiger partial charge in [0.2, 0.25) is 11.8 Å². The number of hydrogen-bond donors (Lipinski definition) is 1. The van der Waals surface area contributed by atoms with E-state index in [0.29, 0.717) is 24.5 Å². The van der Waals surface area contributed by atoms with Crippen LogP contribution in [0.2, 0.25) is 0 Å². The molecule has 3 rings (SSSR count). The number of carbonyl (C=O) groups is 2. The number of piperidine rings is 1. The predicted molar refractivity (Wildman–Crippen MR) is 108 cm³/mol. The predicted octanol–water partition coefficient (Wildman–Crippen LogP) is 3.05. The van der Waals surface area contributed by atoms with Crippen LogP contribution in [-0.2, 0) is 16.6 Å². The summed E-state index contributed by atoms with van der Waals surface area (Å²) in [6.45, 7) is 6.74. The second-order valence-corrected chi connectivity index (χ2v) is 8.73. The molecule has 0 aliphatic carbocycles. The number of halogens is 1. The van der Waals surface area contributed by atoms with Gasteiger partial charge in [-0.25, -0.2) is 9.37 Å². The first-order chi connectivity index (χ1) is 13.7. The van der Waals surface area contributed by atoms with Crippen LogP contribution in [0.5, 0.6) is 0 Å². The number of benzene rings is 1. The molecule has 2 aromatic rings. The standard InChI is InChI=1S/C22H29FN4O2/c1-22(2,3)21(29)27-11-6-8-16(14-27)20(28)25-18(19-24-10-12-26(19)4)15-7-5-9-17(23)13-15/h5,7,9-10,12-13,16,18H,6,8,11,14H2,1-4H3,(H,25,28). The lowest BCUT2D eigenvalue weighted by Gasteiger charge is -2.36. The SMILES string of the molecule is Cn1ccnc1C(NC(=O)C1CCCN(C(=O)C(C)(C)C)C1)c1cccc(F)c1. The summed E-state index contributed by atoms with van der Waals surface area (Å²) in [5.74, 6) is -0.126. The first-order valence-electron chi connectivity index (χ1n) is 9.99. The van der Waals surface area contributed by atoms with Gasteiger partial charge in [0.25, 0.3) is 0 Å². The van der Waals surface area contributed by atoms with E-state index >= 15 is 0 Å². The van der Waals surface area contributed by atoms with Crippen molar-refractivity contribution < 1.29 is 14.0 Å². The molecule has 6 nitrogen and oxygen atoms in total. The fraction of sp³-hybridized carbons (Fsp3) is 0.500. The monoisotopic (exact) mass is 400 g/mol. The maximum absolute atomic E-state index is 13.8. The molecule has 1 aliphatic rings. The van der Waals surface area contributed by atoms with Crippen molar-refractivity contribution in [3.63, 3.8) is 0 Å². The van der Waals surface area contributed by atoms with E-state index in [-0.39, 0.29) is 23.5 Å². The van der Waals surface area contributed by atoms with Gasteiger partial charge in [0, 0.05) is 37.9 Å². The van der Waals surface area contributed by atoms with Crippen LogP contribution in [0, 0.1) is 17.2 Å². The smallest absolute Gasteiger partial charge is 0.227 e. The van der Waals surface area contributed by atoms with E-state index in [1.54, 1.807) is 29.4 Å². The molecule has 2 heterocycles. The zero-order valence-corrected chi connectivity index (χ0v) is 17.5. The molecule has 1 saturated heterocycles. The van der Waals surface area contributed by atoms with Gasteiger partial charge in [-0.3, -0.25) is 9.59 Å². The van der Waals surface area contributed by atoms with Gasteiger partial charge < -0.3 is 14.8 Å². The summed E-state index contributed by atoms with van der Waals surface area (Å²) < 4.78 is 15.6. The highest BCUT2D eigenvalue weighted by Gasteiger charge is 2.34. The Bertz CT molecular complexity index is 887. The molecule has 29 heavy (non-hydrogen) atoms. The molecule has 1 aliphatic heterocycles. The van der Waals surface area contributed by atoms with Crippen molar-refractivity contribution in [2.24, 2.45) is 18.4 Å². The molecule has 0 saturated carbocycles. The van der Waals surface area contributed by atoms with Crippen LogP contribution in [0.3, 0.4) is 0 Å². The topological polar surface area (TPSA) is 67.2 Å². The molecule has 0 radical (unpaired) electrons. The number of nitrogens with one attached hydrogen (secondary N) is 1. The lowest BCUT2D eigenvalue weighted by atomic mass is 9.90. The minimum absolute atomic E-state index is 0.0563. The van der Waals surface area contributed by atoms with E-state index in [4.69, 9.17) is 0 Å². The van der Waals surface area contributed by atoms with Crippen molar-refractivity contribution in [1.29, 1.82) is 0 Å². The average molecular weight is 400 g/mol. The van der Waals surface area contributed by atoms with E-state index in [1.807, 2.05) is 32.4 Å². The largest absolute Gasteiger partial charge is 0.342 e. The van der Waals surface area contributed by atoms with Crippen molar-refractivity contribution in [2.45, 2.75) is 39.7 Å². The Morgan fingerprint density at radius 2 is 2.07 bits per heavy atom. The number of amides is 2. The van der Waals surface area contributed by atoms with E-state index < -0.39 is 11.5 Å². The quantitative estimate of drug-likeness (QED) is 0.858. The summed E-state index contributed by atoms with van der Waals surface area (Å²) in [5.41, 5.74) is 0.154. The summed E-state index contributed by atoms with van der Waals surface area (Å²) in [6.07, 6.45) is 4.94. The Balaban J connectivity index is 1.80. The van der Waals surface area contributed by atoms with Crippen LogP contribution in [0.4, 0.5) is 4.39 Å². The number of carbonyl (C=O) groups excluding carboxylic acids is 2. The van der Waals surface area contributed by atoms with E-state index in [9.17, 15) is 14.0 Å². The zero-order valence-electron chi connectivity index (χ0n) is 17.5. The molecule has 2 atom stereocenters. The number of imidazole rings is 1. The van der Waals surface area contributed by atoms with E-state index in [2.05, 4.69) is 10.3 Å². The fourth-order valence-corrected chi connectivity index (χ4v) is 3.75. The molecule has 0 spiro atoms. The molecule has 1 aromatic carbocycles. The number of likely N-dealkylation sites (tertiary alicyclic amines) is 1. The Hall–Kier alpha value is -2.70. The summed E-state index contributed by atoms with van der Waals surface area (Å²) in [5, 5.41) is 3.04. The number of aromatic nitrogens is 2. The van der Waals surface area contributed by atoms with Gasteiger partial charge >= 0.3 is 0 Å². The third kappa shape index (κ3) is 4.83. The number of aryl methyl sites for hydroxylation is 1. The number of nitrogens with zero attached hydrogens (tertiary/aromatic N) is 3. The molecule has 2 amide bonds. The van der Waals surface area contributed by atoms with Crippen molar-refractivity contribution in [1.82, 2.24) is 19.8 Å². The van der Waals surface area contributed by atoms with E-state index in [1.165, 1.54) is 12.1 Å². The summed E-state index contributed by atoms with van der Waals surface area (Å²) >= 11 is 0. The van der Waals surface area contributed by atoms with Crippen molar-refractivity contribution in [2.75, 3.05) is 13.1 Å². The average Bonchev–Trinajstić information content (AvgIpc) is 3.10. The normalized spacial score (nSPS) is 18.4. The number of rotatable bonds is 4. The molecule has 1 fully saturated rings. The Morgan fingerprint density at radius 3 is 2.69 bits per heavy atom. The van der Waals surface area contributed by atoms with Gasteiger partial charge in [-0.15, -0.1) is 0 Å². The Labute approximate surface area is 171 Å². The third-order valence-corrected chi connectivity index (χ3v) is 5.31. The second-order valence-electron chi connectivity index (χ2n) is 8.73. The maximum Gasteiger partial charge on any atom is 0.227 e. The molecule has 0 bridgehead atoms. The summed E-state index contributed by atoms with van der Waals surface area (Å²) in [4.78, 5) is 31.9. The van der Waals surface area contributed by atoms with Gasteiger partial charge in [0.1, 0.15) is 17.7 Å². The van der Waals surface area contributed by atoms with E-state index in [0.717, 1.165) is 12.8 Å². The maximum atomic E-state index is 13.8. The first-order valence-corrected chi connectivity index (χ1v) is 9.99. The van der Waals surface area contributed by atoms with Crippen LogP contribution in [0.15, 0.2) is 36.7 Å². The van der Waals surface area contributed by atoms with Crippen LogP contribution in [0.25, 0.3) is 0 Å². The van der Waals surface area contributed by atoms with Gasteiger partial charge in [0.05, 0.1) is 5.92 Å². The second kappa shape index (κ2) is 8.35. The third-order valence-electron chi connectivity index (χ3n) is 5.31. The molecular weight excluding hydrogens is 371 g/mol. The highest BCUT2D eigenvalue weighted by molar-refractivity contribution is 5.84. The summed E-state index contributed by atoms with van der Waals surface area (Å²) in [7, 11) is 1.84. The summed E-state index contributed by atoms with van der Waals surface area (Å²) in [6, 6.07) is 5.62. The van der Waals surface area contributed by atoms with Gasteiger partial charge in [0.15, 0.2) is 0 Å². The lowest BCUT2D eigenvalue weighted by molar-refractivity contribution is -0.142. The van der Waals surface area contributed by atoms with Crippen molar-refractivity contribution in [3.8, 4) is 0 Å². The minimum Gasteiger partial charge on any atom is -0.342 e. The van der Waals surface area contributed by atoms with Gasteiger partial charge in [-0.1, -0.05) is 32.9 Å². The van der Waals surface area contributed by atoms with Crippen LogP contribution >= 0.6 is 0 Å². The molecule has 1 N–H and O–H groups in total. The lowest BCUT2D eigenvalue weighted by Crippen LogP contribution is -2.49. The number of hydrogen-bond acceptors (Lipinski definition) is 3. The van der Waals surface area contributed by atoms with Crippen LogP contribution < -0.4 is 5.32 Å².